The first kappa shape index (κ1) is 28.7. The Bertz CT molecular complexity index is 1120. The first-order valence-corrected chi connectivity index (χ1v) is 14.8. The van der Waals surface area contributed by atoms with Crippen molar-refractivity contribution in [1.29, 1.82) is 0 Å². The van der Waals surface area contributed by atoms with Crippen LogP contribution in [-0.2, 0) is 16.1 Å². The highest BCUT2D eigenvalue weighted by molar-refractivity contribution is 5.97. The van der Waals surface area contributed by atoms with E-state index < -0.39 is 6.04 Å². The van der Waals surface area contributed by atoms with Gasteiger partial charge in [-0.25, -0.2) is 0 Å². The standard InChI is InChI=1S/C31H44N6O3/c1-23-5-2-3-6-25(23)21-36(14-13-35-15-17-40-18-16-35)28-19-29(30(38)34-27-10-8-26(32)9-11-27)37(22-28)31(39)24-7-4-12-33-20-24/h2-7,12,20,26-29H,8-11,13-19,21-22,32H2,1H3,(H,34,38). The van der Waals surface area contributed by atoms with E-state index in [1.54, 1.807) is 29.4 Å². The van der Waals surface area contributed by atoms with Crippen LogP contribution in [0.1, 0.15) is 53.6 Å². The molecule has 2 unspecified atom stereocenters. The van der Waals surface area contributed by atoms with Crippen molar-refractivity contribution >= 4 is 11.8 Å². The molecule has 3 N–H and O–H groups in total. The van der Waals surface area contributed by atoms with Gasteiger partial charge in [0.15, 0.2) is 0 Å². The Hall–Kier alpha value is -2.85. The zero-order valence-electron chi connectivity index (χ0n) is 23.7. The third-order valence-corrected chi connectivity index (χ3v) is 8.83. The van der Waals surface area contributed by atoms with E-state index in [0.29, 0.717) is 18.5 Å². The highest BCUT2D eigenvalue weighted by Crippen LogP contribution is 2.27. The molecule has 1 aliphatic carbocycles. The van der Waals surface area contributed by atoms with Crippen LogP contribution in [0, 0.1) is 6.92 Å². The highest BCUT2D eigenvalue weighted by Gasteiger charge is 2.42. The summed E-state index contributed by atoms with van der Waals surface area (Å²) in [6, 6.07) is 11.9. The molecule has 5 rings (SSSR count). The van der Waals surface area contributed by atoms with Crippen LogP contribution >= 0.6 is 0 Å². The van der Waals surface area contributed by atoms with Crippen molar-refractivity contribution in [2.24, 2.45) is 5.73 Å². The molecule has 0 bridgehead atoms. The second kappa shape index (κ2) is 13.7. The summed E-state index contributed by atoms with van der Waals surface area (Å²) in [6.07, 6.45) is 7.48. The molecular weight excluding hydrogens is 504 g/mol. The average molecular weight is 549 g/mol. The number of nitrogens with one attached hydrogen (secondary N) is 1. The van der Waals surface area contributed by atoms with Crippen LogP contribution in [0.5, 0.6) is 0 Å². The summed E-state index contributed by atoms with van der Waals surface area (Å²) in [5, 5.41) is 3.28. The summed E-state index contributed by atoms with van der Waals surface area (Å²) >= 11 is 0. The summed E-state index contributed by atoms with van der Waals surface area (Å²) < 4.78 is 5.55. The summed E-state index contributed by atoms with van der Waals surface area (Å²) in [6.45, 7) is 8.64. The van der Waals surface area contributed by atoms with Crippen LogP contribution < -0.4 is 11.1 Å². The lowest BCUT2D eigenvalue weighted by molar-refractivity contribution is -0.125. The molecule has 1 aromatic carbocycles. The summed E-state index contributed by atoms with van der Waals surface area (Å²) in [5.41, 5.74) is 9.15. The summed E-state index contributed by atoms with van der Waals surface area (Å²) in [4.78, 5) is 38.3. The van der Waals surface area contributed by atoms with E-state index in [0.717, 1.165) is 71.6 Å². The number of carbonyl (C=O) groups excluding carboxylic acids is 2. The van der Waals surface area contributed by atoms with Crippen molar-refractivity contribution < 1.29 is 14.3 Å². The fraction of sp³-hybridized carbons (Fsp3) is 0.581. The van der Waals surface area contributed by atoms with Gasteiger partial charge in [0, 0.05) is 69.8 Å². The van der Waals surface area contributed by atoms with E-state index in [4.69, 9.17) is 10.5 Å². The van der Waals surface area contributed by atoms with Crippen molar-refractivity contribution in [2.45, 2.75) is 69.7 Å². The molecule has 2 aliphatic heterocycles. The number of rotatable bonds is 9. The van der Waals surface area contributed by atoms with Gasteiger partial charge in [-0.15, -0.1) is 0 Å². The predicted octanol–water partition coefficient (Wildman–Crippen LogP) is 2.19. The molecule has 9 heteroatoms. The third-order valence-electron chi connectivity index (χ3n) is 8.83. The van der Waals surface area contributed by atoms with Crippen LogP contribution in [0.3, 0.4) is 0 Å². The molecule has 3 fully saturated rings. The number of nitrogens with zero attached hydrogens (tertiary/aromatic N) is 4. The zero-order chi connectivity index (χ0) is 27.9. The number of amides is 2. The molecule has 216 valence electrons. The van der Waals surface area contributed by atoms with Gasteiger partial charge < -0.3 is 20.7 Å². The lowest BCUT2D eigenvalue weighted by atomic mass is 9.91. The SMILES string of the molecule is Cc1ccccc1CN(CCN1CCOCC1)C1CC(C(=O)NC2CCC(N)CC2)N(C(=O)c2cccnc2)C1. The molecule has 9 nitrogen and oxygen atoms in total. The number of hydrogen-bond acceptors (Lipinski definition) is 7. The van der Waals surface area contributed by atoms with Gasteiger partial charge in [0.1, 0.15) is 6.04 Å². The Balaban J connectivity index is 1.36. The van der Waals surface area contributed by atoms with Crippen LogP contribution in [0.2, 0.25) is 0 Å². The Kier molecular flexibility index (Phi) is 9.80. The summed E-state index contributed by atoms with van der Waals surface area (Å²) in [7, 11) is 0. The van der Waals surface area contributed by atoms with Gasteiger partial charge in [0.05, 0.1) is 18.8 Å². The van der Waals surface area contributed by atoms with Crippen LogP contribution in [0.4, 0.5) is 0 Å². The fourth-order valence-corrected chi connectivity index (χ4v) is 6.26. The van der Waals surface area contributed by atoms with Crippen molar-refractivity contribution in [3.8, 4) is 0 Å². The molecule has 1 saturated carbocycles. The maximum atomic E-state index is 13.7. The van der Waals surface area contributed by atoms with Gasteiger partial charge >= 0.3 is 0 Å². The molecule has 3 heterocycles. The fourth-order valence-electron chi connectivity index (χ4n) is 6.26. The number of aryl methyl sites for hydroxylation is 1. The highest BCUT2D eigenvalue weighted by atomic mass is 16.5. The van der Waals surface area contributed by atoms with Crippen molar-refractivity contribution in [1.82, 2.24) is 25.0 Å². The quantitative estimate of drug-likeness (QED) is 0.495. The van der Waals surface area contributed by atoms with E-state index >= 15 is 0 Å². The van der Waals surface area contributed by atoms with E-state index in [2.05, 4.69) is 51.3 Å². The summed E-state index contributed by atoms with van der Waals surface area (Å²) in [5.74, 6) is -0.185. The maximum Gasteiger partial charge on any atom is 0.256 e. The van der Waals surface area contributed by atoms with E-state index in [1.165, 1.54) is 11.1 Å². The number of ether oxygens (including phenoxy) is 1. The number of aromatic nitrogens is 1. The average Bonchev–Trinajstić information content (AvgIpc) is 3.43. The van der Waals surface area contributed by atoms with Gasteiger partial charge in [0.2, 0.25) is 5.91 Å². The molecule has 2 saturated heterocycles. The second-order valence-electron chi connectivity index (χ2n) is 11.6. The van der Waals surface area contributed by atoms with E-state index in [1.807, 2.05) is 0 Å². The molecule has 3 aliphatic rings. The second-order valence-corrected chi connectivity index (χ2v) is 11.6. The Morgan fingerprint density at radius 1 is 1.10 bits per heavy atom. The molecule has 0 radical (unpaired) electrons. The first-order chi connectivity index (χ1) is 19.5. The number of nitrogens with two attached hydrogens (primary N) is 1. The number of pyridine rings is 1. The van der Waals surface area contributed by atoms with Gasteiger partial charge in [-0.05, 0) is 62.3 Å². The molecule has 1 aromatic heterocycles. The van der Waals surface area contributed by atoms with Gasteiger partial charge in [-0.2, -0.15) is 0 Å². The number of likely N-dealkylation sites (tertiary alicyclic amines) is 1. The van der Waals surface area contributed by atoms with Crippen LogP contribution in [-0.4, -0.2) is 102 Å². The monoisotopic (exact) mass is 548 g/mol. The van der Waals surface area contributed by atoms with Crippen LogP contribution in [0.25, 0.3) is 0 Å². The molecule has 2 amide bonds. The Labute approximate surface area is 238 Å². The minimum Gasteiger partial charge on any atom is -0.379 e. The predicted molar refractivity (Wildman–Crippen MR) is 155 cm³/mol. The largest absolute Gasteiger partial charge is 0.379 e. The third kappa shape index (κ3) is 7.26. The lowest BCUT2D eigenvalue weighted by Crippen LogP contribution is -2.50. The normalized spacial score (nSPS) is 25.7. The van der Waals surface area contributed by atoms with Crippen molar-refractivity contribution in [3.05, 3.63) is 65.5 Å². The number of carbonyl (C=O) groups is 2. The van der Waals surface area contributed by atoms with Crippen molar-refractivity contribution in [3.63, 3.8) is 0 Å². The van der Waals surface area contributed by atoms with Gasteiger partial charge in [-0.3, -0.25) is 24.4 Å². The molecule has 2 aromatic rings. The van der Waals surface area contributed by atoms with Gasteiger partial charge in [0.25, 0.3) is 5.91 Å². The molecule has 2 atom stereocenters. The topological polar surface area (TPSA) is 104 Å². The smallest absolute Gasteiger partial charge is 0.256 e. The number of hydrogen-bond donors (Lipinski definition) is 2. The van der Waals surface area contributed by atoms with Gasteiger partial charge in [-0.1, -0.05) is 24.3 Å². The molecule has 0 spiro atoms. The van der Waals surface area contributed by atoms with Crippen molar-refractivity contribution in [2.75, 3.05) is 45.9 Å². The van der Waals surface area contributed by atoms with E-state index in [-0.39, 0.29) is 29.9 Å². The molecular formula is C31H44N6O3. The number of benzene rings is 1. The minimum atomic E-state index is -0.518. The van der Waals surface area contributed by atoms with Crippen LogP contribution in [0.15, 0.2) is 48.8 Å². The maximum absolute atomic E-state index is 13.7. The number of morpholine rings is 1. The minimum absolute atomic E-state index is 0.0516. The molecule has 40 heavy (non-hydrogen) atoms. The Morgan fingerprint density at radius 3 is 2.60 bits per heavy atom. The first-order valence-electron chi connectivity index (χ1n) is 14.8. The lowest BCUT2D eigenvalue weighted by Gasteiger charge is -2.33. The zero-order valence-corrected chi connectivity index (χ0v) is 23.7. The Morgan fingerprint density at radius 2 is 1.88 bits per heavy atom. The van der Waals surface area contributed by atoms with E-state index in [9.17, 15) is 9.59 Å².